The smallest absolute Gasteiger partial charge is 0.164 e. The molecule has 0 fully saturated rings. The highest BCUT2D eigenvalue weighted by Crippen LogP contribution is 2.34. The van der Waals surface area contributed by atoms with Gasteiger partial charge in [-0.25, -0.2) is 15.0 Å². The second-order valence-electron chi connectivity index (χ2n) is 12.8. The number of benzene rings is 9. The molecule has 3 heteroatoms. The number of hydrogen-bond acceptors (Lipinski definition) is 3. The minimum atomic E-state index is -0.531. The van der Waals surface area contributed by atoms with Gasteiger partial charge in [0.2, 0.25) is 0 Å². The Balaban J connectivity index is 1.14. The molecule has 3 nitrogen and oxygen atoms in total. The second-order valence-corrected chi connectivity index (χ2v) is 12.8. The molecule has 0 spiro atoms. The van der Waals surface area contributed by atoms with Crippen LogP contribution < -0.4 is 0 Å². The molecule has 0 saturated heterocycles. The van der Waals surface area contributed by atoms with Crippen LogP contribution in [0.3, 0.4) is 0 Å². The molecule has 0 N–H and O–H groups in total. The third kappa shape index (κ3) is 5.98. The molecule has 0 radical (unpaired) electrons. The fourth-order valence-electron chi connectivity index (χ4n) is 6.74. The summed E-state index contributed by atoms with van der Waals surface area (Å²) in [6.45, 7) is 0. The summed E-state index contributed by atoms with van der Waals surface area (Å²) >= 11 is 0. The predicted octanol–water partition coefficient (Wildman–Crippen LogP) is 13.3. The molecule has 0 amide bonds. The summed E-state index contributed by atoms with van der Waals surface area (Å²) in [5.74, 6) is 0.942. The van der Waals surface area contributed by atoms with Crippen LogP contribution in [-0.2, 0) is 0 Å². The molecule has 0 aliphatic carbocycles. The van der Waals surface area contributed by atoms with E-state index in [9.17, 15) is 0 Å². The lowest BCUT2D eigenvalue weighted by atomic mass is 9.97. The molecule has 54 heavy (non-hydrogen) atoms. The van der Waals surface area contributed by atoms with Crippen molar-refractivity contribution in [2.24, 2.45) is 0 Å². The van der Waals surface area contributed by atoms with E-state index in [1.165, 1.54) is 0 Å². The summed E-state index contributed by atoms with van der Waals surface area (Å²) in [5, 5.41) is 3.33. The number of rotatable bonds is 6. The van der Waals surface area contributed by atoms with Gasteiger partial charge < -0.3 is 0 Å². The Hall–Kier alpha value is -7.23. The van der Waals surface area contributed by atoms with Gasteiger partial charge in [-0.05, 0) is 96.0 Å². The lowest BCUT2D eigenvalue weighted by Gasteiger charge is -2.12. The molecule has 1 heterocycles. The van der Waals surface area contributed by atoms with Crippen LogP contribution in [0.4, 0.5) is 0 Å². The van der Waals surface area contributed by atoms with E-state index >= 15 is 0 Å². The molecule has 10 aromatic rings. The third-order valence-electron chi connectivity index (χ3n) is 9.45. The van der Waals surface area contributed by atoms with E-state index in [4.69, 9.17) is 31.4 Å². The van der Waals surface area contributed by atoms with E-state index in [1.807, 2.05) is 60.7 Å². The summed E-state index contributed by atoms with van der Waals surface area (Å²) in [6, 6.07) is 35.0. The van der Waals surface area contributed by atoms with Gasteiger partial charge >= 0.3 is 0 Å². The van der Waals surface area contributed by atoms with Crippen molar-refractivity contribution in [3.8, 4) is 67.5 Å². The molecule has 0 aliphatic heterocycles. The highest BCUT2D eigenvalue weighted by atomic mass is 15.0. The highest BCUT2D eigenvalue weighted by Gasteiger charge is 2.15. The molecular weight excluding hydrogens is 655 g/mol. The Morgan fingerprint density at radius 2 is 0.778 bits per heavy atom. The average Bonchev–Trinajstić information content (AvgIpc) is 3.35. The van der Waals surface area contributed by atoms with Gasteiger partial charge in [-0.2, -0.15) is 0 Å². The van der Waals surface area contributed by atoms with E-state index in [0.29, 0.717) is 39.5 Å². The van der Waals surface area contributed by atoms with Crippen LogP contribution in [0.1, 0.15) is 16.4 Å². The van der Waals surface area contributed by atoms with Crippen LogP contribution >= 0.6 is 0 Å². The summed E-state index contributed by atoms with van der Waals surface area (Å²) in [4.78, 5) is 15.0. The SMILES string of the molecule is [2H]c1c([2H])c([2H])c(-c2ccc3cc(-c4nc(-c5cccc(-c6c([2H])c([2H])c([2H])c7c([2H])c([2H])c([2H])c([2H])c67)c5)nc(-c5ccc6cc(-c7ccccc7)ccc6c5)n4)ccc3c2)c([2H])c1[2H]. The Morgan fingerprint density at radius 3 is 1.43 bits per heavy atom. The Bertz CT molecular complexity index is 3650. The van der Waals surface area contributed by atoms with Crippen LogP contribution in [0.25, 0.3) is 99.9 Å². The van der Waals surface area contributed by atoms with E-state index < -0.39 is 54.4 Å². The molecule has 0 saturated carbocycles. The van der Waals surface area contributed by atoms with E-state index in [-0.39, 0.29) is 45.9 Å². The first-order valence-electron chi connectivity index (χ1n) is 23.3. The second kappa shape index (κ2) is 13.4. The highest BCUT2D eigenvalue weighted by molar-refractivity contribution is 5.97. The number of hydrogen-bond donors (Lipinski definition) is 0. The van der Waals surface area contributed by atoms with Crippen molar-refractivity contribution in [3.63, 3.8) is 0 Å². The Morgan fingerprint density at radius 1 is 0.296 bits per heavy atom. The van der Waals surface area contributed by atoms with Gasteiger partial charge in [0, 0.05) is 16.7 Å². The summed E-state index contributed by atoms with van der Waals surface area (Å²) in [6.07, 6.45) is 0. The normalized spacial score (nSPS) is 14.4. The molecule has 0 atom stereocenters. The van der Waals surface area contributed by atoms with Crippen LogP contribution in [0.15, 0.2) is 200 Å². The van der Waals surface area contributed by atoms with Crippen LogP contribution in [0.2, 0.25) is 0 Å². The minimum absolute atomic E-state index is 0.0290. The first-order valence-corrected chi connectivity index (χ1v) is 17.3. The van der Waals surface area contributed by atoms with Crippen molar-refractivity contribution in [2.45, 2.75) is 0 Å². The number of fused-ring (bicyclic) bond motifs is 3. The van der Waals surface area contributed by atoms with Crippen molar-refractivity contribution in [1.29, 1.82) is 0 Å². The molecule has 252 valence electrons. The lowest BCUT2D eigenvalue weighted by Crippen LogP contribution is -2.00. The molecule has 10 rings (SSSR count). The van der Waals surface area contributed by atoms with E-state index in [2.05, 4.69) is 30.3 Å². The molecule has 0 aliphatic rings. The van der Waals surface area contributed by atoms with Gasteiger partial charge in [-0.15, -0.1) is 0 Å². The first-order chi connectivity index (χ1) is 31.7. The van der Waals surface area contributed by atoms with Gasteiger partial charge in [-0.3, -0.25) is 0 Å². The molecule has 0 bridgehead atoms. The molecule has 9 aromatic carbocycles. The first kappa shape index (κ1) is 21.3. The Kier molecular flexibility index (Phi) is 5.29. The lowest BCUT2D eigenvalue weighted by molar-refractivity contribution is 1.08. The van der Waals surface area contributed by atoms with Crippen molar-refractivity contribution in [1.82, 2.24) is 15.0 Å². The van der Waals surface area contributed by atoms with E-state index in [1.54, 1.807) is 36.4 Å². The van der Waals surface area contributed by atoms with Crippen molar-refractivity contribution in [3.05, 3.63) is 200 Å². The maximum absolute atomic E-state index is 8.98. The van der Waals surface area contributed by atoms with Gasteiger partial charge in [0.25, 0.3) is 0 Å². The van der Waals surface area contributed by atoms with Gasteiger partial charge in [0.05, 0.1) is 16.4 Å². The summed E-state index contributed by atoms with van der Waals surface area (Å²) in [7, 11) is 0. The predicted molar refractivity (Wildman–Crippen MR) is 225 cm³/mol. The largest absolute Gasteiger partial charge is 0.208 e. The van der Waals surface area contributed by atoms with Crippen LogP contribution in [-0.4, -0.2) is 15.0 Å². The zero-order chi connectivity index (χ0) is 46.3. The number of nitrogens with zero attached hydrogens (tertiary/aromatic N) is 3. The zero-order valence-corrected chi connectivity index (χ0v) is 28.5. The van der Waals surface area contributed by atoms with Crippen LogP contribution in [0, 0.1) is 0 Å². The van der Waals surface area contributed by atoms with Crippen molar-refractivity contribution < 1.29 is 16.4 Å². The van der Waals surface area contributed by atoms with Gasteiger partial charge in [0.15, 0.2) is 17.5 Å². The molecule has 1 aromatic heterocycles. The van der Waals surface area contributed by atoms with Crippen LogP contribution in [0.5, 0.6) is 0 Å². The van der Waals surface area contributed by atoms with E-state index in [0.717, 1.165) is 32.7 Å². The minimum Gasteiger partial charge on any atom is -0.208 e. The van der Waals surface area contributed by atoms with Crippen molar-refractivity contribution >= 4 is 32.3 Å². The molecular formula is C51H33N3. The Labute approximate surface area is 330 Å². The van der Waals surface area contributed by atoms with Gasteiger partial charge in [-0.1, -0.05) is 170 Å². The standard InChI is InChI=1S/C51H33N3/c1-3-11-34(12-4-1)37-21-23-41-31-45(27-25-39(41)29-37)50-52-49(44-18-9-17-43(33-44)48-20-10-16-36-15-7-8-19-47(36)48)53-51(54-50)46-28-26-40-30-38(22-24-42(40)32-46)35-13-5-2-6-14-35/h1-33H/i1D,3D,4D,7D,8D,10D,11D,12D,15D,16D,19D,20D. The van der Waals surface area contributed by atoms with Gasteiger partial charge in [0.1, 0.15) is 0 Å². The molecule has 0 unspecified atom stereocenters. The quantitative estimate of drug-likeness (QED) is 0.173. The average molecular weight is 700 g/mol. The fraction of sp³-hybridized carbons (Fsp3) is 0. The summed E-state index contributed by atoms with van der Waals surface area (Å²) < 4.78 is 102. The topological polar surface area (TPSA) is 38.7 Å². The number of aromatic nitrogens is 3. The monoisotopic (exact) mass is 699 g/mol. The van der Waals surface area contributed by atoms with Crippen molar-refractivity contribution in [2.75, 3.05) is 0 Å². The summed E-state index contributed by atoms with van der Waals surface area (Å²) in [5.41, 5.74) is 5.02. The maximum atomic E-state index is 8.98. The fourth-order valence-corrected chi connectivity index (χ4v) is 6.74. The zero-order valence-electron chi connectivity index (χ0n) is 40.5. The third-order valence-corrected chi connectivity index (χ3v) is 9.45. The maximum Gasteiger partial charge on any atom is 0.164 e.